The van der Waals surface area contributed by atoms with Crippen molar-refractivity contribution in [3.63, 3.8) is 0 Å². The molecule has 2 amide bonds. The number of aromatic nitrogens is 1. The van der Waals surface area contributed by atoms with Crippen LogP contribution in [0, 0.1) is 5.82 Å². The van der Waals surface area contributed by atoms with Crippen LogP contribution in [0.1, 0.15) is 57.3 Å². The van der Waals surface area contributed by atoms with Gasteiger partial charge in [-0.2, -0.15) is 0 Å². The number of hydrogen-bond acceptors (Lipinski definition) is 5. The summed E-state index contributed by atoms with van der Waals surface area (Å²) >= 11 is 5.91. The van der Waals surface area contributed by atoms with Crippen molar-refractivity contribution in [2.24, 2.45) is 0 Å². The van der Waals surface area contributed by atoms with Crippen molar-refractivity contribution in [1.29, 1.82) is 0 Å². The van der Waals surface area contributed by atoms with Crippen LogP contribution in [0.5, 0.6) is 0 Å². The second kappa shape index (κ2) is 10.9. The molecular weight excluding hydrogens is 511 g/mol. The van der Waals surface area contributed by atoms with E-state index in [0.717, 1.165) is 17.2 Å². The van der Waals surface area contributed by atoms with E-state index < -0.39 is 23.1 Å². The molecule has 3 aromatic rings. The number of anilines is 1. The largest absolute Gasteiger partial charge is 0.478 e. The number of aromatic carboxylic acids is 1. The summed E-state index contributed by atoms with van der Waals surface area (Å²) in [7, 11) is 1.44. The molecular formula is C28H28ClFN4O4. The monoisotopic (exact) mass is 538 g/mol. The Morgan fingerprint density at radius 2 is 1.87 bits per heavy atom. The topological polar surface area (TPSA) is 112 Å². The Kier molecular flexibility index (Phi) is 7.80. The highest BCUT2D eigenvalue weighted by molar-refractivity contribution is 6.31. The number of hydrogen-bond donors (Lipinski definition) is 3. The maximum Gasteiger partial charge on any atom is 0.337 e. The van der Waals surface area contributed by atoms with Crippen LogP contribution in [-0.2, 0) is 16.8 Å². The second-order valence-electron chi connectivity index (χ2n) is 9.66. The number of amides is 2. The number of pyridine rings is 1. The fourth-order valence-electron chi connectivity index (χ4n) is 4.79. The zero-order chi connectivity index (χ0) is 27.6. The molecule has 0 spiro atoms. The third kappa shape index (κ3) is 5.25. The number of halogens is 2. The lowest BCUT2D eigenvalue weighted by Gasteiger charge is -2.50. The van der Waals surface area contributed by atoms with Gasteiger partial charge in [0.15, 0.2) is 0 Å². The highest BCUT2D eigenvalue weighted by atomic mass is 35.5. The molecule has 38 heavy (non-hydrogen) atoms. The van der Waals surface area contributed by atoms with Crippen LogP contribution >= 0.6 is 11.6 Å². The maximum atomic E-state index is 14.4. The molecule has 0 unspecified atom stereocenters. The first-order valence-electron chi connectivity index (χ1n) is 12.1. The predicted octanol–water partition coefficient (Wildman–Crippen LogP) is 4.45. The van der Waals surface area contributed by atoms with Crippen LogP contribution < -0.4 is 10.6 Å². The Bertz CT molecular complexity index is 1390. The average Bonchev–Trinajstić information content (AvgIpc) is 2.87. The van der Waals surface area contributed by atoms with Gasteiger partial charge in [0, 0.05) is 32.9 Å². The summed E-state index contributed by atoms with van der Waals surface area (Å²) in [6, 6.07) is 13.1. The van der Waals surface area contributed by atoms with Gasteiger partial charge in [-0.25, -0.2) is 9.18 Å². The Morgan fingerprint density at radius 1 is 1.16 bits per heavy atom. The lowest BCUT2D eigenvalue weighted by Crippen LogP contribution is -2.64. The van der Waals surface area contributed by atoms with E-state index in [1.165, 1.54) is 25.4 Å². The van der Waals surface area contributed by atoms with Crippen molar-refractivity contribution in [3.8, 4) is 0 Å². The smallest absolute Gasteiger partial charge is 0.337 e. The standard InChI is InChI=1S/C28H28ClFN4O4/c1-16(2)19-6-4-5-7-21(19)28(14-34(15-28)13-18-9-8-17(12-32-18)26(36)37)27(38)33-24-11-23(30)22(29)10-20(24)25(35)31-3/h4-12,16H,13-15H2,1-3H3,(H,31,35)(H,33,38)(H,36,37). The van der Waals surface area contributed by atoms with E-state index >= 15 is 0 Å². The molecule has 1 aliphatic heterocycles. The molecule has 3 N–H and O–H groups in total. The molecule has 10 heteroatoms. The molecule has 4 rings (SSSR count). The van der Waals surface area contributed by atoms with Crippen LogP contribution in [0.3, 0.4) is 0 Å². The van der Waals surface area contributed by atoms with Gasteiger partial charge in [-0.05, 0) is 41.3 Å². The summed E-state index contributed by atoms with van der Waals surface area (Å²) in [6.07, 6.45) is 1.31. The third-order valence-corrected chi connectivity index (χ3v) is 7.05. The zero-order valence-corrected chi connectivity index (χ0v) is 22.0. The van der Waals surface area contributed by atoms with E-state index in [-0.39, 0.29) is 33.7 Å². The molecule has 0 aliphatic carbocycles. The third-order valence-electron chi connectivity index (χ3n) is 6.76. The number of carbonyl (C=O) groups is 3. The van der Waals surface area contributed by atoms with Gasteiger partial charge in [0.25, 0.3) is 5.91 Å². The highest BCUT2D eigenvalue weighted by Gasteiger charge is 2.51. The minimum Gasteiger partial charge on any atom is -0.478 e. The fourth-order valence-corrected chi connectivity index (χ4v) is 4.95. The minimum atomic E-state index is -1.05. The van der Waals surface area contributed by atoms with Gasteiger partial charge in [-0.15, -0.1) is 0 Å². The summed E-state index contributed by atoms with van der Waals surface area (Å²) in [4.78, 5) is 43.8. The van der Waals surface area contributed by atoms with Crippen LogP contribution in [0.25, 0.3) is 0 Å². The fraction of sp³-hybridized carbons (Fsp3) is 0.286. The minimum absolute atomic E-state index is 0.0297. The summed E-state index contributed by atoms with van der Waals surface area (Å²) in [6.45, 7) is 5.20. The molecule has 0 atom stereocenters. The van der Waals surface area contributed by atoms with E-state index in [1.807, 2.05) is 43.0 Å². The van der Waals surface area contributed by atoms with Crippen molar-refractivity contribution in [1.82, 2.24) is 15.2 Å². The van der Waals surface area contributed by atoms with Gasteiger partial charge in [-0.3, -0.25) is 19.5 Å². The number of carbonyl (C=O) groups excluding carboxylic acids is 2. The number of carboxylic acid groups (broad SMARTS) is 1. The summed E-state index contributed by atoms with van der Waals surface area (Å²) in [5, 5.41) is 14.2. The van der Waals surface area contributed by atoms with Gasteiger partial charge in [0.05, 0.1) is 32.9 Å². The Labute approximate surface area is 224 Å². The molecule has 1 aromatic heterocycles. The lowest BCUT2D eigenvalue weighted by molar-refractivity contribution is -0.128. The molecule has 2 heterocycles. The van der Waals surface area contributed by atoms with E-state index in [2.05, 4.69) is 15.6 Å². The maximum absolute atomic E-state index is 14.4. The first-order valence-corrected chi connectivity index (χ1v) is 12.5. The number of nitrogens with zero attached hydrogens (tertiary/aromatic N) is 2. The first kappa shape index (κ1) is 27.2. The molecule has 1 aliphatic rings. The number of rotatable bonds is 8. The summed E-state index contributed by atoms with van der Waals surface area (Å²) in [5.74, 6) is -2.54. The highest BCUT2D eigenvalue weighted by Crippen LogP contribution is 2.41. The molecule has 1 saturated heterocycles. The van der Waals surface area contributed by atoms with Crippen molar-refractivity contribution in [3.05, 3.63) is 93.5 Å². The van der Waals surface area contributed by atoms with Crippen LogP contribution in [0.15, 0.2) is 54.7 Å². The quantitative estimate of drug-likeness (QED) is 0.391. The first-order chi connectivity index (χ1) is 18.1. The van der Waals surface area contributed by atoms with Crippen LogP contribution in [0.2, 0.25) is 5.02 Å². The molecule has 198 valence electrons. The lowest BCUT2D eigenvalue weighted by atomic mass is 9.69. The van der Waals surface area contributed by atoms with Crippen molar-refractivity contribution in [2.45, 2.75) is 31.7 Å². The molecule has 0 radical (unpaired) electrons. The van der Waals surface area contributed by atoms with Gasteiger partial charge < -0.3 is 15.7 Å². The van der Waals surface area contributed by atoms with Crippen molar-refractivity contribution in [2.75, 3.05) is 25.5 Å². The SMILES string of the molecule is CNC(=O)c1cc(Cl)c(F)cc1NC(=O)C1(c2ccccc2C(C)C)CN(Cc2ccc(C(=O)O)cn2)C1. The van der Waals surface area contributed by atoms with Crippen molar-refractivity contribution >= 4 is 35.1 Å². The molecule has 8 nitrogen and oxygen atoms in total. The Balaban J connectivity index is 1.67. The van der Waals surface area contributed by atoms with E-state index in [9.17, 15) is 18.8 Å². The van der Waals surface area contributed by atoms with Gasteiger partial charge in [0.1, 0.15) is 5.82 Å². The average molecular weight is 539 g/mol. The molecule has 2 aromatic carbocycles. The summed E-state index contributed by atoms with van der Waals surface area (Å²) < 4.78 is 14.4. The van der Waals surface area contributed by atoms with Crippen LogP contribution in [0.4, 0.5) is 10.1 Å². The zero-order valence-electron chi connectivity index (χ0n) is 21.2. The number of likely N-dealkylation sites (tertiary alicyclic amines) is 1. The molecule has 0 saturated carbocycles. The van der Waals surface area contributed by atoms with E-state index in [4.69, 9.17) is 16.7 Å². The molecule has 1 fully saturated rings. The van der Waals surface area contributed by atoms with Crippen LogP contribution in [-0.4, -0.2) is 52.9 Å². The Morgan fingerprint density at radius 3 is 2.47 bits per heavy atom. The summed E-state index contributed by atoms with van der Waals surface area (Å²) in [5.41, 5.74) is 1.74. The number of carboxylic acids is 1. The second-order valence-corrected chi connectivity index (χ2v) is 10.1. The van der Waals surface area contributed by atoms with E-state index in [0.29, 0.717) is 25.3 Å². The number of benzene rings is 2. The molecule has 0 bridgehead atoms. The van der Waals surface area contributed by atoms with Gasteiger partial charge >= 0.3 is 5.97 Å². The number of nitrogens with one attached hydrogen (secondary N) is 2. The Hall–Kier alpha value is -3.82. The van der Waals surface area contributed by atoms with Gasteiger partial charge in [-0.1, -0.05) is 49.7 Å². The predicted molar refractivity (Wildman–Crippen MR) is 142 cm³/mol. The van der Waals surface area contributed by atoms with Crippen molar-refractivity contribution < 1.29 is 23.9 Å². The van der Waals surface area contributed by atoms with Gasteiger partial charge in [0.2, 0.25) is 5.91 Å². The van der Waals surface area contributed by atoms with E-state index in [1.54, 1.807) is 6.07 Å². The normalized spacial score (nSPS) is 14.6.